The largest absolute Gasteiger partial charge is 0.496 e. The number of methoxy groups -OCH3 is 2. The zero-order chi connectivity index (χ0) is 20.4. The molecule has 146 valence electrons. The quantitative estimate of drug-likeness (QED) is 0.426. The second-order valence-electron chi connectivity index (χ2n) is 5.59. The summed E-state index contributed by atoms with van der Waals surface area (Å²) in [5, 5.41) is 2.31. The van der Waals surface area contributed by atoms with E-state index in [1.165, 1.54) is 7.11 Å². The molecule has 0 atom stereocenters. The van der Waals surface area contributed by atoms with E-state index in [9.17, 15) is 14.4 Å². The van der Waals surface area contributed by atoms with Crippen molar-refractivity contribution >= 4 is 29.5 Å². The molecule has 0 unspecified atom stereocenters. The summed E-state index contributed by atoms with van der Waals surface area (Å²) in [6, 6.07) is 16.2. The predicted octanol–water partition coefficient (Wildman–Crippen LogP) is 2.07. The summed E-state index contributed by atoms with van der Waals surface area (Å²) in [7, 11) is 2.75. The van der Waals surface area contributed by atoms with Crippen LogP contribution in [-0.4, -0.2) is 45.2 Å². The Kier molecular flexibility index (Phi) is 7.77. The van der Waals surface area contributed by atoms with Gasteiger partial charge >= 0.3 is 11.9 Å². The van der Waals surface area contributed by atoms with Gasteiger partial charge in [0.05, 0.1) is 19.8 Å². The van der Waals surface area contributed by atoms with Crippen molar-refractivity contribution < 1.29 is 28.6 Å². The van der Waals surface area contributed by atoms with Crippen molar-refractivity contribution in [3.63, 3.8) is 0 Å². The van der Waals surface area contributed by atoms with Gasteiger partial charge in [-0.3, -0.25) is 9.59 Å². The Bertz CT molecular complexity index is 860. The van der Waals surface area contributed by atoms with Crippen LogP contribution in [0.15, 0.2) is 54.6 Å². The maximum absolute atomic E-state index is 12.6. The molecule has 7 nitrogen and oxygen atoms in total. The Morgan fingerprint density at radius 2 is 1.64 bits per heavy atom. The lowest BCUT2D eigenvalue weighted by Crippen LogP contribution is -2.33. The Morgan fingerprint density at radius 1 is 0.964 bits per heavy atom. The molecule has 0 saturated heterocycles. The van der Waals surface area contributed by atoms with E-state index in [4.69, 9.17) is 9.47 Å². The first-order chi connectivity index (χ1) is 13.5. The molecular weight excluding hydrogens is 362 g/mol. The number of carbonyl (C=O) groups excluding carboxylic acids is 3. The van der Waals surface area contributed by atoms with Crippen LogP contribution >= 0.6 is 0 Å². The molecule has 0 bridgehead atoms. The van der Waals surface area contributed by atoms with Gasteiger partial charge in [0.1, 0.15) is 12.3 Å². The van der Waals surface area contributed by atoms with Gasteiger partial charge in [-0.15, -0.1) is 0 Å². The second-order valence-corrected chi connectivity index (χ2v) is 5.59. The summed E-state index contributed by atoms with van der Waals surface area (Å²) in [6.07, 6.45) is 1.64. The summed E-state index contributed by atoms with van der Waals surface area (Å²) in [6.45, 7) is -0.818. The van der Waals surface area contributed by atoms with E-state index in [1.54, 1.807) is 49.6 Å². The van der Waals surface area contributed by atoms with Crippen LogP contribution in [0.5, 0.6) is 5.75 Å². The first-order valence-electron chi connectivity index (χ1n) is 8.46. The van der Waals surface area contributed by atoms with Crippen LogP contribution in [0.4, 0.5) is 0 Å². The average molecular weight is 383 g/mol. The Hall–Kier alpha value is -3.61. The minimum atomic E-state index is -0.676. The number of carbonyl (C=O) groups is 3. The second kappa shape index (κ2) is 10.5. The number of para-hydroxylation sites is 1. The van der Waals surface area contributed by atoms with Crippen molar-refractivity contribution in [2.75, 3.05) is 27.4 Å². The smallest absolute Gasteiger partial charge is 0.339 e. The summed E-state index contributed by atoms with van der Waals surface area (Å²) >= 11 is 0. The summed E-state index contributed by atoms with van der Waals surface area (Å²) in [5.74, 6) is -1.28. The van der Waals surface area contributed by atoms with Crippen molar-refractivity contribution in [1.29, 1.82) is 0 Å². The van der Waals surface area contributed by atoms with Gasteiger partial charge in [0, 0.05) is 5.56 Å². The first-order valence-corrected chi connectivity index (χ1v) is 8.46. The van der Waals surface area contributed by atoms with E-state index in [0.29, 0.717) is 16.9 Å². The highest BCUT2D eigenvalue weighted by atomic mass is 16.5. The fourth-order valence-corrected chi connectivity index (χ4v) is 2.32. The molecule has 2 rings (SSSR count). The molecule has 0 heterocycles. The van der Waals surface area contributed by atoms with E-state index in [-0.39, 0.29) is 12.1 Å². The molecular formula is C21H21NO6. The van der Waals surface area contributed by atoms with Gasteiger partial charge in [-0.1, -0.05) is 48.5 Å². The molecule has 0 spiro atoms. The number of rotatable bonds is 8. The number of benzene rings is 2. The van der Waals surface area contributed by atoms with Crippen LogP contribution in [0.2, 0.25) is 0 Å². The van der Waals surface area contributed by atoms with Gasteiger partial charge in [0.2, 0.25) is 0 Å². The summed E-state index contributed by atoms with van der Waals surface area (Å²) in [5.41, 5.74) is 1.59. The minimum absolute atomic E-state index is 0.269. The van der Waals surface area contributed by atoms with E-state index >= 15 is 0 Å². The molecule has 28 heavy (non-hydrogen) atoms. The highest BCUT2D eigenvalue weighted by molar-refractivity contribution is 6.22. The number of hydrogen-bond donors (Lipinski definition) is 1. The maximum Gasteiger partial charge on any atom is 0.339 e. The molecule has 0 saturated carbocycles. The fraction of sp³-hybridized carbons (Fsp3) is 0.190. The van der Waals surface area contributed by atoms with Gasteiger partial charge in [0.15, 0.2) is 6.61 Å². The van der Waals surface area contributed by atoms with Gasteiger partial charge in [-0.25, -0.2) is 4.79 Å². The minimum Gasteiger partial charge on any atom is -0.496 e. The average Bonchev–Trinajstić information content (AvgIpc) is 2.74. The van der Waals surface area contributed by atoms with E-state index in [1.807, 2.05) is 18.2 Å². The molecule has 0 fully saturated rings. The third-order valence-corrected chi connectivity index (χ3v) is 3.74. The molecule has 0 aliphatic carbocycles. The van der Waals surface area contributed by atoms with Crippen LogP contribution in [0.25, 0.3) is 11.6 Å². The molecule has 0 radical (unpaired) electrons. The van der Waals surface area contributed by atoms with Crippen molar-refractivity contribution in [2.24, 2.45) is 0 Å². The van der Waals surface area contributed by atoms with Crippen molar-refractivity contribution in [2.45, 2.75) is 0 Å². The fourth-order valence-electron chi connectivity index (χ4n) is 2.32. The van der Waals surface area contributed by atoms with Crippen molar-refractivity contribution in [3.05, 3.63) is 65.7 Å². The standard InChI is InChI=1S/C21H21NO6/c1-26-18-11-7-6-10-16(18)12-17(15-8-4-3-5-9-15)21(25)28-14-19(23)22-13-20(24)27-2/h3-12H,13-14H2,1-2H3,(H,22,23)/b17-12+. The number of hydrogen-bond acceptors (Lipinski definition) is 6. The summed E-state index contributed by atoms with van der Waals surface area (Å²) in [4.78, 5) is 35.4. The number of ether oxygens (including phenoxy) is 3. The molecule has 0 aliphatic heterocycles. The van der Waals surface area contributed by atoms with Crippen LogP contribution in [0.3, 0.4) is 0 Å². The highest BCUT2D eigenvalue weighted by Crippen LogP contribution is 2.25. The number of esters is 2. The molecule has 0 aliphatic rings. The van der Waals surface area contributed by atoms with Gasteiger partial charge in [-0.2, -0.15) is 0 Å². The molecule has 0 aromatic heterocycles. The van der Waals surface area contributed by atoms with Crippen LogP contribution < -0.4 is 10.1 Å². The van der Waals surface area contributed by atoms with E-state index in [0.717, 1.165) is 0 Å². The maximum atomic E-state index is 12.6. The van der Waals surface area contributed by atoms with Crippen LogP contribution in [0.1, 0.15) is 11.1 Å². The molecule has 7 heteroatoms. The Morgan fingerprint density at radius 3 is 2.32 bits per heavy atom. The first kappa shape index (κ1) is 20.7. The summed E-state index contributed by atoms with van der Waals surface area (Å²) < 4.78 is 14.9. The molecule has 2 aromatic rings. The van der Waals surface area contributed by atoms with E-state index < -0.39 is 24.5 Å². The predicted molar refractivity (Wildman–Crippen MR) is 103 cm³/mol. The van der Waals surface area contributed by atoms with Crippen molar-refractivity contribution in [1.82, 2.24) is 5.32 Å². The zero-order valence-corrected chi connectivity index (χ0v) is 15.6. The van der Waals surface area contributed by atoms with Crippen molar-refractivity contribution in [3.8, 4) is 5.75 Å². The van der Waals surface area contributed by atoms with Crippen LogP contribution in [0, 0.1) is 0 Å². The lowest BCUT2D eigenvalue weighted by atomic mass is 10.0. The number of amides is 1. The van der Waals surface area contributed by atoms with Gasteiger partial charge in [0.25, 0.3) is 5.91 Å². The molecule has 2 aromatic carbocycles. The third kappa shape index (κ3) is 5.98. The Labute approximate surface area is 162 Å². The number of nitrogens with one attached hydrogen (secondary N) is 1. The third-order valence-electron chi connectivity index (χ3n) is 3.74. The topological polar surface area (TPSA) is 90.9 Å². The van der Waals surface area contributed by atoms with Gasteiger partial charge < -0.3 is 19.5 Å². The highest BCUT2D eigenvalue weighted by Gasteiger charge is 2.16. The van der Waals surface area contributed by atoms with E-state index in [2.05, 4.69) is 10.1 Å². The van der Waals surface area contributed by atoms with Crippen LogP contribution in [-0.2, 0) is 23.9 Å². The lowest BCUT2D eigenvalue weighted by molar-refractivity contribution is -0.144. The normalized spacial score (nSPS) is 10.7. The van der Waals surface area contributed by atoms with Gasteiger partial charge in [-0.05, 0) is 17.7 Å². The monoisotopic (exact) mass is 383 g/mol. The molecule has 1 N–H and O–H groups in total. The lowest BCUT2D eigenvalue weighted by Gasteiger charge is -2.10. The SMILES string of the molecule is COC(=O)CNC(=O)COC(=O)/C(=C/c1ccccc1OC)c1ccccc1. The zero-order valence-electron chi connectivity index (χ0n) is 15.6. The Balaban J connectivity index is 2.18. The molecule has 1 amide bonds.